The van der Waals surface area contributed by atoms with Crippen LogP contribution in [0.1, 0.15) is 29.1 Å². The van der Waals surface area contributed by atoms with Crippen molar-refractivity contribution in [3.63, 3.8) is 0 Å². The predicted molar refractivity (Wildman–Crippen MR) is 83.6 cm³/mol. The third-order valence-corrected chi connectivity index (χ3v) is 5.13. The highest BCUT2D eigenvalue weighted by molar-refractivity contribution is 7.23. The Morgan fingerprint density at radius 3 is 2.58 bits per heavy atom. The minimum Gasteiger partial charge on any atom is -0.300 e. The van der Waals surface area contributed by atoms with Gasteiger partial charge in [0.1, 0.15) is 4.88 Å². The van der Waals surface area contributed by atoms with Crippen molar-refractivity contribution in [1.29, 1.82) is 0 Å². The van der Waals surface area contributed by atoms with E-state index in [4.69, 9.17) is 23.2 Å². The van der Waals surface area contributed by atoms with Gasteiger partial charge in [0.25, 0.3) is 5.24 Å². The standard InChI is InChI=1S/C14H15Cl2NOS/c1-3-17(4-2)8-9-5-6-10-11(7-9)19-13(12(10)15)14(16)18/h5-7H,3-4,8H2,1-2H3. The van der Waals surface area contributed by atoms with Gasteiger partial charge in [-0.25, -0.2) is 0 Å². The summed E-state index contributed by atoms with van der Waals surface area (Å²) >= 11 is 13.0. The Bertz CT molecular complexity index is 605. The van der Waals surface area contributed by atoms with Crippen LogP contribution in [0.25, 0.3) is 10.1 Å². The lowest BCUT2D eigenvalue weighted by Gasteiger charge is -2.17. The number of carbonyl (C=O) groups is 1. The van der Waals surface area contributed by atoms with E-state index in [1.54, 1.807) is 0 Å². The normalized spacial score (nSPS) is 11.4. The predicted octanol–water partition coefficient (Wildman–Crippen LogP) is 4.78. The summed E-state index contributed by atoms with van der Waals surface area (Å²) in [6.07, 6.45) is 0. The van der Waals surface area contributed by atoms with E-state index >= 15 is 0 Å². The molecule has 2 nitrogen and oxygen atoms in total. The van der Waals surface area contributed by atoms with Crippen LogP contribution >= 0.6 is 34.5 Å². The third kappa shape index (κ3) is 3.11. The molecule has 0 atom stereocenters. The van der Waals surface area contributed by atoms with Crippen LogP contribution in [0.15, 0.2) is 18.2 Å². The molecule has 19 heavy (non-hydrogen) atoms. The van der Waals surface area contributed by atoms with Crippen molar-refractivity contribution in [2.45, 2.75) is 20.4 Å². The van der Waals surface area contributed by atoms with E-state index in [9.17, 15) is 4.79 Å². The zero-order valence-corrected chi connectivity index (χ0v) is 13.2. The Labute approximate surface area is 126 Å². The molecule has 0 aliphatic rings. The summed E-state index contributed by atoms with van der Waals surface area (Å²) in [5.74, 6) is 0. The molecule has 0 aliphatic carbocycles. The third-order valence-electron chi connectivity index (χ3n) is 3.17. The quantitative estimate of drug-likeness (QED) is 0.740. The number of halogens is 2. The molecular formula is C14H15Cl2NOS. The van der Waals surface area contributed by atoms with Gasteiger partial charge in [-0.2, -0.15) is 0 Å². The molecule has 0 unspecified atom stereocenters. The van der Waals surface area contributed by atoms with E-state index in [1.165, 1.54) is 16.9 Å². The fourth-order valence-electron chi connectivity index (χ4n) is 2.04. The topological polar surface area (TPSA) is 20.3 Å². The molecule has 0 saturated carbocycles. The first-order chi connectivity index (χ1) is 9.06. The molecule has 0 radical (unpaired) electrons. The van der Waals surface area contributed by atoms with E-state index in [1.807, 2.05) is 6.07 Å². The molecule has 102 valence electrons. The molecular weight excluding hydrogens is 301 g/mol. The average molecular weight is 316 g/mol. The van der Waals surface area contributed by atoms with E-state index < -0.39 is 5.24 Å². The van der Waals surface area contributed by atoms with Crippen LogP contribution in [0.4, 0.5) is 0 Å². The Morgan fingerprint density at radius 2 is 2.00 bits per heavy atom. The van der Waals surface area contributed by atoms with Crippen molar-refractivity contribution < 1.29 is 4.79 Å². The van der Waals surface area contributed by atoms with Crippen molar-refractivity contribution in [2.24, 2.45) is 0 Å². The molecule has 0 spiro atoms. The van der Waals surface area contributed by atoms with Crippen molar-refractivity contribution in [2.75, 3.05) is 13.1 Å². The van der Waals surface area contributed by atoms with Crippen molar-refractivity contribution in [1.82, 2.24) is 4.90 Å². The van der Waals surface area contributed by atoms with Crippen molar-refractivity contribution >= 4 is 49.9 Å². The molecule has 5 heteroatoms. The van der Waals surface area contributed by atoms with Crippen LogP contribution < -0.4 is 0 Å². The molecule has 1 aromatic heterocycles. The van der Waals surface area contributed by atoms with Crippen LogP contribution in [0.2, 0.25) is 5.02 Å². The number of thiophene rings is 1. The number of fused-ring (bicyclic) bond motifs is 1. The van der Waals surface area contributed by atoms with Gasteiger partial charge in [0, 0.05) is 16.6 Å². The summed E-state index contributed by atoms with van der Waals surface area (Å²) in [4.78, 5) is 14.0. The molecule has 0 saturated heterocycles. The molecule has 0 amide bonds. The van der Waals surface area contributed by atoms with E-state index in [0.717, 1.165) is 29.7 Å². The Morgan fingerprint density at radius 1 is 1.32 bits per heavy atom. The smallest absolute Gasteiger partial charge is 0.263 e. The number of rotatable bonds is 5. The van der Waals surface area contributed by atoms with Crippen LogP contribution in [0.3, 0.4) is 0 Å². The van der Waals surface area contributed by atoms with E-state index in [0.29, 0.717) is 9.90 Å². The maximum Gasteiger partial charge on any atom is 0.263 e. The van der Waals surface area contributed by atoms with Gasteiger partial charge in [-0.05, 0) is 36.3 Å². The van der Waals surface area contributed by atoms with Gasteiger partial charge in [0.2, 0.25) is 0 Å². The van der Waals surface area contributed by atoms with Crippen molar-refractivity contribution in [3.05, 3.63) is 33.7 Å². The Hall–Kier alpha value is -0.610. The zero-order valence-electron chi connectivity index (χ0n) is 10.9. The highest BCUT2D eigenvalue weighted by atomic mass is 35.5. The number of benzene rings is 1. The molecule has 0 bridgehead atoms. The molecule has 0 N–H and O–H groups in total. The monoisotopic (exact) mass is 315 g/mol. The lowest BCUT2D eigenvalue weighted by molar-refractivity contribution is 0.108. The largest absolute Gasteiger partial charge is 0.300 e. The molecule has 2 aromatic rings. The van der Waals surface area contributed by atoms with E-state index in [2.05, 4.69) is 30.9 Å². The maximum atomic E-state index is 11.3. The Balaban J connectivity index is 2.38. The highest BCUT2D eigenvalue weighted by Gasteiger charge is 2.15. The zero-order chi connectivity index (χ0) is 14.0. The summed E-state index contributed by atoms with van der Waals surface area (Å²) in [6.45, 7) is 7.24. The maximum absolute atomic E-state index is 11.3. The summed E-state index contributed by atoms with van der Waals surface area (Å²) in [6, 6.07) is 6.12. The average Bonchev–Trinajstić information content (AvgIpc) is 2.73. The number of hydrogen-bond acceptors (Lipinski definition) is 3. The summed E-state index contributed by atoms with van der Waals surface area (Å²) in [7, 11) is 0. The van der Waals surface area contributed by atoms with Gasteiger partial charge in [-0.3, -0.25) is 9.69 Å². The van der Waals surface area contributed by atoms with Crippen LogP contribution in [0.5, 0.6) is 0 Å². The van der Waals surface area contributed by atoms with Gasteiger partial charge < -0.3 is 0 Å². The first-order valence-electron chi connectivity index (χ1n) is 6.19. The molecule has 0 aliphatic heterocycles. The summed E-state index contributed by atoms with van der Waals surface area (Å²) in [5, 5.41) is 0.879. The molecule has 1 aromatic carbocycles. The minimum atomic E-state index is -0.489. The van der Waals surface area contributed by atoms with Crippen LogP contribution in [-0.2, 0) is 6.54 Å². The second-order valence-electron chi connectivity index (χ2n) is 4.31. The lowest BCUT2D eigenvalue weighted by atomic mass is 10.1. The molecule has 2 rings (SSSR count). The van der Waals surface area contributed by atoms with Crippen LogP contribution in [-0.4, -0.2) is 23.2 Å². The van der Waals surface area contributed by atoms with Crippen LogP contribution in [0, 0.1) is 0 Å². The van der Waals surface area contributed by atoms with Gasteiger partial charge in [0.15, 0.2) is 0 Å². The summed E-state index contributed by atoms with van der Waals surface area (Å²) < 4.78 is 1.01. The lowest BCUT2D eigenvalue weighted by Crippen LogP contribution is -2.21. The number of carbonyl (C=O) groups excluding carboxylic acids is 1. The van der Waals surface area contributed by atoms with Gasteiger partial charge in [-0.15, -0.1) is 11.3 Å². The minimum absolute atomic E-state index is 0.429. The SMILES string of the molecule is CCN(CC)Cc1ccc2c(Cl)c(C(=O)Cl)sc2c1. The first kappa shape index (κ1) is 14.8. The fraction of sp³-hybridized carbons (Fsp3) is 0.357. The van der Waals surface area contributed by atoms with E-state index in [-0.39, 0.29) is 0 Å². The number of hydrogen-bond donors (Lipinski definition) is 0. The molecule has 0 fully saturated rings. The number of nitrogens with zero attached hydrogens (tertiary/aromatic N) is 1. The second-order valence-corrected chi connectivity index (χ2v) is 6.08. The second kappa shape index (κ2) is 6.23. The summed E-state index contributed by atoms with van der Waals surface area (Å²) in [5.41, 5.74) is 1.22. The highest BCUT2D eigenvalue weighted by Crippen LogP contribution is 2.36. The molecule has 1 heterocycles. The van der Waals surface area contributed by atoms with Gasteiger partial charge in [-0.1, -0.05) is 37.6 Å². The van der Waals surface area contributed by atoms with Gasteiger partial charge >= 0.3 is 0 Å². The Kier molecular flexibility index (Phi) is 4.85. The fourth-order valence-corrected chi connectivity index (χ4v) is 3.71. The van der Waals surface area contributed by atoms with Gasteiger partial charge in [0.05, 0.1) is 5.02 Å². The van der Waals surface area contributed by atoms with Crippen molar-refractivity contribution in [3.8, 4) is 0 Å². The first-order valence-corrected chi connectivity index (χ1v) is 7.77.